The van der Waals surface area contributed by atoms with Crippen LogP contribution in [0.2, 0.25) is 0 Å². The molecule has 1 heterocycles. The molecule has 0 bridgehead atoms. The Hall–Kier alpha value is -4.04. The number of nitrogens with zero attached hydrogens (tertiary/aromatic N) is 2. The van der Waals surface area contributed by atoms with Gasteiger partial charge < -0.3 is 9.84 Å². The molecule has 0 spiro atoms. The topological polar surface area (TPSA) is 124 Å². The van der Waals surface area contributed by atoms with Crippen molar-refractivity contribution in [1.82, 2.24) is 4.98 Å². The van der Waals surface area contributed by atoms with Gasteiger partial charge in [0.2, 0.25) is 0 Å². The molecule has 0 atom stereocenters. The number of anilines is 2. The van der Waals surface area contributed by atoms with Crippen molar-refractivity contribution in [3.63, 3.8) is 0 Å². The molecule has 0 saturated carbocycles. The molecule has 0 unspecified atom stereocenters. The van der Waals surface area contributed by atoms with Gasteiger partial charge in [0, 0.05) is 17.3 Å². The second-order valence-electron chi connectivity index (χ2n) is 6.64. The Morgan fingerprint density at radius 3 is 2.50 bits per heavy atom. The number of aromatic nitrogens is 1. The molecule has 0 aliphatic rings. The van der Waals surface area contributed by atoms with Gasteiger partial charge in [0.25, 0.3) is 0 Å². The predicted octanol–water partition coefficient (Wildman–Crippen LogP) is 3.79. The third-order valence-electron chi connectivity index (χ3n) is 3.12. The van der Waals surface area contributed by atoms with Crippen molar-refractivity contribution in [3.05, 3.63) is 53.3 Å². The minimum Gasteiger partial charge on any atom is -0.465 e. The number of nitriles is 1. The van der Waals surface area contributed by atoms with Gasteiger partial charge in [-0.3, -0.25) is 15.6 Å². The van der Waals surface area contributed by atoms with Crippen molar-refractivity contribution in [1.29, 1.82) is 5.26 Å². The summed E-state index contributed by atoms with van der Waals surface area (Å²) in [5.74, 6) is 5.71. The number of amides is 2. The lowest BCUT2D eigenvalue weighted by molar-refractivity contribution is 0.0636. The molecule has 0 aliphatic heterocycles. The zero-order valence-electron chi connectivity index (χ0n) is 15.5. The van der Waals surface area contributed by atoms with Crippen molar-refractivity contribution < 1.29 is 19.4 Å². The van der Waals surface area contributed by atoms with Crippen LogP contribution in [-0.4, -0.2) is 27.9 Å². The Kier molecular flexibility index (Phi) is 6.20. The number of carbonyl (C=O) groups excluding carboxylic acids is 1. The Labute approximate surface area is 162 Å². The lowest BCUT2D eigenvalue weighted by atomic mass is 10.1. The van der Waals surface area contributed by atoms with E-state index < -0.39 is 17.8 Å². The second kappa shape index (κ2) is 8.56. The standard InChI is InChI=1S/C20H18N4O4/c1-20(2,3)28-19(27)24-17-7-5-13(10-21)8-15(17)6-4-14-9-16(12-22-11-14)23-18(25)26/h5,7-9,11-12,23H,1-3H3,(H,24,27)(H,25,26). The molecule has 142 valence electrons. The first-order valence-corrected chi connectivity index (χ1v) is 8.17. The highest BCUT2D eigenvalue weighted by Gasteiger charge is 2.17. The summed E-state index contributed by atoms with van der Waals surface area (Å²) in [5, 5.41) is 22.7. The van der Waals surface area contributed by atoms with Crippen LogP contribution < -0.4 is 10.6 Å². The number of ether oxygens (including phenoxy) is 1. The summed E-state index contributed by atoms with van der Waals surface area (Å²) >= 11 is 0. The Bertz CT molecular complexity index is 1010. The van der Waals surface area contributed by atoms with Crippen molar-refractivity contribution in [2.75, 3.05) is 10.6 Å². The van der Waals surface area contributed by atoms with Crippen LogP contribution in [0, 0.1) is 23.2 Å². The molecule has 2 aromatic rings. The number of hydrogen-bond donors (Lipinski definition) is 3. The summed E-state index contributed by atoms with van der Waals surface area (Å²) in [5.41, 5.74) is 1.23. The van der Waals surface area contributed by atoms with Crippen molar-refractivity contribution in [3.8, 4) is 17.9 Å². The monoisotopic (exact) mass is 378 g/mol. The molecule has 0 radical (unpaired) electrons. The first-order chi connectivity index (χ1) is 13.2. The van der Waals surface area contributed by atoms with E-state index in [9.17, 15) is 9.59 Å². The molecule has 0 saturated heterocycles. The van der Waals surface area contributed by atoms with E-state index in [1.807, 2.05) is 6.07 Å². The Morgan fingerprint density at radius 2 is 1.86 bits per heavy atom. The number of carbonyl (C=O) groups is 2. The van der Waals surface area contributed by atoms with Gasteiger partial charge in [-0.05, 0) is 45.0 Å². The zero-order valence-corrected chi connectivity index (χ0v) is 15.5. The van der Waals surface area contributed by atoms with Crippen molar-refractivity contribution in [2.45, 2.75) is 26.4 Å². The van der Waals surface area contributed by atoms with E-state index >= 15 is 0 Å². The molecule has 8 nitrogen and oxygen atoms in total. The summed E-state index contributed by atoms with van der Waals surface area (Å²) < 4.78 is 5.23. The first-order valence-electron chi connectivity index (χ1n) is 8.17. The lowest BCUT2D eigenvalue weighted by Gasteiger charge is -2.20. The summed E-state index contributed by atoms with van der Waals surface area (Å²) in [7, 11) is 0. The highest BCUT2D eigenvalue weighted by molar-refractivity contribution is 5.87. The average molecular weight is 378 g/mol. The molecule has 1 aromatic carbocycles. The van der Waals surface area contributed by atoms with Crippen LogP contribution in [0.1, 0.15) is 37.5 Å². The fourth-order valence-electron chi connectivity index (χ4n) is 2.08. The van der Waals surface area contributed by atoms with E-state index in [0.29, 0.717) is 22.4 Å². The quantitative estimate of drug-likeness (QED) is 0.683. The molecule has 2 rings (SSSR count). The Morgan fingerprint density at radius 1 is 1.11 bits per heavy atom. The van der Waals surface area contributed by atoms with E-state index in [-0.39, 0.29) is 5.69 Å². The second-order valence-corrected chi connectivity index (χ2v) is 6.64. The molecular formula is C20H18N4O4. The van der Waals surface area contributed by atoms with Crippen LogP contribution in [0.5, 0.6) is 0 Å². The van der Waals surface area contributed by atoms with E-state index in [4.69, 9.17) is 15.1 Å². The fraction of sp³-hybridized carbons (Fsp3) is 0.200. The van der Waals surface area contributed by atoms with E-state index in [0.717, 1.165) is 0 Å². The van der Waals surface area contributed by atoms with Crippen LogP contribution in [-0.2, 0) is 4.74 Å². The van der Waals surface area contributed by atoms with Crippen LogP contribution in [0.3, 0.4) is 0 Å². The minimum absolute atomic E-state index is 0.275. The smallest absolute Gasteiger partial charge is 0.412 e. The van der Waals surface area contributed by atoms with Crippen molar-refractivity contribution >= 4 is 23.6 Å². The molecule has 0 fully saturated rings. The third kappa shape index (κ3) is 6.36. The van der Waals surface area contributed by atoms with Crippen LogP contribution >= 0.6 is 0 Å². The largest absolute Gasteiger partial charge is 0.465 e. The predicted molar refractivity (Wildman–Crippen MR) is 103 cm³/mol. The van der Waals surface area contributed by atoms with Crippen LogP contribution in [0.25, 0.3) is 0 Å². The van der Waals surface area contributed by atoms with E-state index in [1.165, 1.54) is 24.5 Å². The van der Waals surface area contributed by atoms with E-state index in [2.05, 4.69) is 27.5 Å². The summed E-state index contributed by atoms with van der Waals surface area (Å²) in [6.45, 7) is 5.24. The van der Waals surface area contributed by atoms with E-state index in [1.54, 1.807) is 32.9 Å². The highest BCUT2D eigenvalue weighted by Crippen LogP contribution is 2.18. The fourth-order valence-corrected chi connectivity index (χ4v) is 2.08. The lowest BCUT2D eigenvalue weighted by Crippen LogP contribution is -2.27. The van der Waals surface area contributed by atoms with Gasteiger partial charge >= 0.3 is 12.2 Å². The van der Waals surface area contributed by atoms with Crippen molar-refractivity contribution in [2.24, 2.45) is 0 Å². The molecule has 1 aromatic heterocycles. The zero-order chi connectivity index (χ0) is 20.7. The maximum absolute atomic E-state index is 12.0. The average Bonchev–Trinajstić information content (AvgIpc) is 2.59. The van der Waals surface area contributed by atoms with Gasteiger partial charge in [-0.2, -0.15) is 5.26 Å². The number of pyridine rings is 1. The number of carboxylic acid groups (broad SMARTS) is 1. The molecule has 3 N–H and O–H groups in total. The SMILES string of the molecule is CC(C)(C)OC(=O)Nc1ccc(C#N)cc1C#Cc1cncc(NC(=O)O)c1. The van der Waals surface area contributed by atoms with Crippen LogP contribution in [0.4, 0.5) is 21.0 Å². The van der Waals surface area contributed by atoms with Gasteiger partial charge in [-0.1, -0.05) is 11.8 Å². The third-order valence-corrected chi connectivity index (χ3v) is 3.12. The molecule has 8 heteroatoms. The van der Waals surface area contributed by atoms with Gasteiger partial charge in [0.05, 0.1) is 29.2 Å². The molecule has 2 amide bonds. The van der Waals surface area contributed by atoms with Gasteiger partial charge in [0.15, 0.2) is 0 Å². The maximum Gasteiger partial charge on any atom is 0.412 e. The number of hydrogen-bond acceptors (Lipinski definition) is 5. The minimum atomic E-state index is -1.21. The van der Waals surface area contributed by atoms with Crippen LogP contribution in [0.15, 0.2) is 36.7 Å². The van der Waals surface area contributed by atoms with Gasteiger partial charge in [0.1, 0.15) is 5.60 Å². The molecule has 0 aliphatic carbocycles. The van der Waals surface area contributed by atoms with Gasteiger partial charge in [-0.25, -0.2) is 9.59 Å². The summed E-state index contributed by atoms with van der Waals surface area (Å²) in [6, 6.07) is 8.18. The normalized spacial score (nSPS) is 10.1. The molecular weight excluding hydrogens is 360 g/mol. The number of nitrogens with one attached hydrogen (secondary N) is 2. The summed E-state index contributed by atoms with van der Waals surface area (Å²) in [4.78, 5) is 26.7. The number of benzene rings is 1. The Balaban J connectivity index is 2.32. The highest BCUT2D eigenvalue weighted by atomic mass is 16.6. The van der Waals surface area contributed by atoms with Gasteiger partial charge in [-0.15, -0.1) is 0 Å². The number of rotatable bonds is 2. The maximum atomic E-state index is 12.0. The molecule has 28 heavy (non-hydrogen) atoms. The first kappa shape index (κ1) is 20.3. The summed E-state index contributed by atoms with van der Waals surface area (Å²) in [6.07, 6.45) is 0.965.